The van der Waals surface area contributed by atoms with Gasteiger partial charge in [-0.1, -0.05) is 48.5 Å². The number of β-amino-alcohol motifs (C(OH)–C–C–N with tert-alkyl or cyclic N) is 1. The summed E-state index contributed by atoms with van der Waals surface area (Å²) in [5.74, 6) is -2.60. The number of carbonyl (C=O) groups excluding carboxylic acids is 2. The van der Waals surface area contributed by atoms with Gasteiger partial charge in [-0.15, -0.1) is 0 Å². The van der Waals surface area contributed by atoms with E-state index in [0.29, 0.717) is 0 Å². The molecule has 4 rings (SSSR count). The molecule has 0 radical (unpaired) electrons. The van der Waals surface area contributed by atoms with Gasteiger partial charge in [0.1, 0.15) is 12.6 Å². The molecule has 1 aliphatic carbocycles. The quantitative estimate of drug-likeness (QED) is 0.566. The van der Waals surface area contributed by atoms with Crippen LogP contribution in [0.1, 0.15) is 23.5 Å². The van der Waals surface area contributed by atoms with Crippen LogP contribution in [0.5, 0.6) is 0 Å². The molecule has 1 heterocycles. The van der Waals surface area contributed by atoms with Crippen molar-refractivity contribution >= 4 is 18.0 Å². The molecule has 0 bridgehead atoms. The fraction of sp³-hybridized carbons (Fsp3) is 0.400. The molecule has 2 aliphatic rings. The maximum Gasteiger partial charge on any atom is 0.407 e. The summed E-state index contributed by atoms with van der Waals surface area (Å²) in [6, 6.07) is 14.9. The molecule has 2 aromatic rings. The molecule has 2 unspecified atom stereocenters. The molecule has 0 aromatic heterocycles. The van der Waals surface area contributed by atoms with E-state index in [9.17, 15) is 24.6 Å². The number of rotatable bonds is 7. The number of aliphatic hydroxyl groups excluding tert-OH is 1. The van der Waals surface area contributed by atoms with E-state index in [1.165, 1.54) is 12.0 Å². The van der Waals surface area contributed by atoms with Gasteiger partial charge in [-0.05, 0) is 28.7 Å². The number of aliphatic hydroxyl groups is 1. The van der Waals surface area contributed by atoms with Gasteiger partial charge in [0.25, 0.3) is 0 Å². The van der Waals surface area contributed by atoms with E-state index < -0.39 is 36.0 Å². The molecule has 9 nitrogen and oxygen atoms in total. The summed E-state index contributed by atoms with van der Waals surface area (Å²) in [5.41, 5.74) is 4.36. The number of benzene rings is 2. The van der Waals surface area contributed by atoms with E-state index in [2.05, 4.69) is 5.32 Å². The topological polar surface area (TPSA) is 125 Å². The second-order valence-electron chi connectivity index (χ2n) is 8.65. The van der Waals surface area contributed by atoms with E-state index in [-0.39, 0.29) is 38.6 Å². The van der Waals surface area contributed by atoms with Crippen LogP contribution in [0.15, 0.2) is 48.5 Å². The number of aliphatic carboxylic acids is 1. The smallest absolute Gasteiger partial charge is 0.407 e. The number of amides is 2. The number of piperidine rings is 1. The van der Waals surface area contributed by atoms with Crippen LogP contribution in [0.4, 0.5) is 4.79 Å². The molecular weight excluding hydrogens is 440 g/mol. The maximum atomic E-state index is 13.0. The van der Waals surface area contributed by atoms with E-state index in [1.807, 2.05) is 48.5 Å². The van der Waals surface area contributed by atoms with E-state index in [1.54, 1.807) is 0 Å². The Morgan fingerprint density at radius 3 is 2.26 bits per heavy atom. The Bertz CT molecular complexity index is 1030. The first-order valence-corrected chi connectivity index (χ1v) is 11.2. The lowest BCUT2D eigenvalue weighted by molar-refractivity contribution is -0.149. The van der Waals surface area contributed by atoms with Gasteiger partial charge in [-0.3, -0.25) is 9.59 Å². The van der Waals surface area contributed by atoms with Crippen molar-refractivity contribution in [2.24, 2.45) is 5.92 Å². The van der Waals surface area contributed by atoms with Crippen molar-refractivity contribution in [1.29, 1.82) is 0 Å². The monoisotopic (exact) mass is 468 g/mol. The number of hydrogen-bond donors (Lipinski definition) is 3. The number of nitrogens with one attached hydrogen (secondary N) is 1. The minimum Gasteiger partial charge on any atom is -0.481 e. The fourth-order valence-electron chi connectivity index (χ4n) is 4.78. The summed E-state index contributed by atoms with van der Waals surface area (Å²) in [4.78, 5) is 38.2. The van der Waals surface area contributed by atoms with Crippen LogP contribution in [-0.4, -0.2) is 78.6 Å². The number of fused-ring (bicyclic) bond motifs is 3. The molecule has 9 heteroatoms. The summed E-state index contributed by atoms with van der Waals surface area (Å²) in [7, 11) is 1.39. The van der Waals surface area contributed by atoms with Crippen LogP contribution in [0.3, 0.4) is 0 Å². The molecule has 2 aromatic carbocycles. The van der Waals surface area contributed by atoms with Gasteiger partial charge in [-0.25, -0.2) is 4.79 Å². The predicted octanol–water partition coefficient (Wildman–Crippen LogP) is 1.83. The number of nitrogens with zero attached hydrogens (tertiary/aromatic N) is 1. The van der Waals surface area contributed by atoms with Crippen molar-refractivity contribution in [3.8, 4) is 11.1 Å². The second kappa shape index (κ2) is 10.2. The Balaban J connectivity index is 1.41. The highest BCUT2D eigenvalue weighted by molar-refractivity contribution is 5.86. The standard InChI is InChI=1S/C25H28N2O7/c1-33-14-22(23(29)27-11-15(24(30)31)10-16(28)12-27)26-25(32)34-13-21-19-8-4-2-6-17(19)18-7-3-5-9-20(18)21/h2-9,15-16,21-22,28H,10-14H2,1H3,(H,26,32)(H,30,31)/t15?,16?,22-/m0/s1. The summed E-state index contributed by atoms with van der Waals surface area (Å²) in [6.07, 6.45) is -1.64. The average molecular weight is 469 g/mol. The maximum absolute atomic E-state index is 13.0. The highest BCUT2D eigenvalue weighted by Gasteiger charge is 2.36. The molecule has 34 heavy (non-hydrogen) atoms. The van der Waals surface area contributed by atoms with Gasteiger partial charge in [0.05, 0.1) is 18.6 Å². The number of alkyl carbamates (subject to hydrolysis) is 1. The molecule has 3 atom stereocenters. The van der Waals surface area contributed by atoms with Gasteiger partial charge in [0.15, 0.2) is 0 Å². The van der Waals surface area contributed by atoms with Crippen LogP contribution in [0.25, 0.3) is 11.1 Å². The van der Waals surface area contributed by atoms with Crippen molar-refractivity contribution < 1.29 is 34.1 Å². The van der Waals surface area contributed by atoms with Gasteiger partial charge >= 0.3 is 12.1 Å². The van der Waals surface area contributed by atoms with E-state index >= 15 is 0 Å². The van der Waals surface area contributed by atoms with Gasteiger partial charge in [0.2, 0.25) is 5.91 Å². The van der Waals surface area contributed by atoms with Crippen molar-refractivity contribution in [2.45, 2.75) is 24.5 Å². The third-order valence-electron chi connectivity index (χ3n) is 6.36. The van der Waals surface area contributed by atoms with Crippen molar-refractivity contribution in [2.75, 3.05) is 33.4 Å². The van der Waals surface area contributed by atoms with Gasteiger partial charge in [-0.2, -0.15) is 0 Å². The summed E-state index contributed by atoms with van der Waals surface area (Å²) >= 11 is 0. The van der Waals surface area contributed by atoms with Gasteiger partial charge < -0.3 is 29.9 Å². The molecule has 3 N–H and O–H groups in total. The first kappa shape index (κ1) is 23.7. The van der Waals surface area contributed by atoms with Crippen molar-refractivity contribution in [1.82, 2.24) is 10.2 Å². The fourth-order valence-corrected chi connectivity index (χ4v) is 4.78. The molecule has 0 saturated carbocycles. The molecule has 1 fully saturated rings. The highest BCUT2D eigenvalue weighted by atomic mass is 16.5. The highest BCUT2D eigenvalue weighted by Crippen LogP contribution is 2.44. The second-order valence-corrected chi connectivity index (χ2v) is 8.65. The first-order chi connectivity index (χ1) is 16.4. The number of carboxylic acids is 1. The van der Waals surface area contributed by atoms with E-state index in [4.69, 9.17) is 9.47 Å². The number of ether oxygens (including phenoxy) is 2. The Labute approximate surface area is 197 Å². The minimum atomic E-state index is -1.08. The number of carbonyl (C=O) groups is 3. The minimum absolute atomic E-state index is 0.00476. The third-order valence-corrected chi connectivity index (χ3v) is 6.36. The number of carboxylic acid groups (broad SMARTS) is 1. The van der Waals surface area contributed by atoms with Crippen LogP contribution in [-0.2, 0) is 19.1 Å². The average Bonchev–Trinajstić information content (AvgIpc) is 3.15. The molecule has 1 aliphatic heterocycles. The molecule has 0 spiro atoms. The Hall–Kier alpha value is -3.43. The molecule has 180 valence electrons. The Morgan fingerprint density at radius 1 is 1.06 bits per heavy atom. The molecule has 2 amide bonds. The lowest BCUT2D eigenvalue weighted by atomic mass is 9.95. The first-order valence-electron chi connectivity index (χ1n) is 11.2. The number of hydrogen-bond acceptors (Lipinski definition) is 6. The third kappa shape index (κ3) is 4.90. The zero-order valence-corrected chi connectivity index (χ0v) is 18.8. The van der Waals surface area contributed by atoms with Crippen LogP contribution < -0.4 is 5.32 Å². The largest absolute Gasteiger partial charge is 0.481 e. The van der Waals surface area contributed by atoms with E-state index in [0.717, 1.165) is 22.3 Å². The SMILES string of the molecule is COC[C@H](NC(=O)OCC1c2ccccc2-c2ccccc21)C(=O)N1CC(O)CC(C(=O)O)C1. The lowest BCUT2D eigenvalue weighted by Gasteiger charge is -2.35. The molecular formula is C25H28N2O7. The Morgan fingerprint density at radius 2 is 1.68 bits per heavy atom. The zero-order chi connectivity index (χ0) is 24.2. The summed E-state index contributed by atoms with van der Waals surface area (Å²) in [5, 5.41) is 21.8. The Kier molecular flexibility index (Phi) is 7.14. The van der Waals surface area contributed by atoms with Crippen molar-refractivity contribution in [3.05, 3.63) is 59.7 Å². The van der Waals surface area contributed by atoms with Crippen molar-refractivity contribution in [3.63, 3.8) is 0 Å². The normalized spacial score (nSPS) is 20.2. The van der Waals surface area contributed by atoms with Crippen LogP contribution in [0.2, 0.25) is 0 Å². The van der Waals surface area contributed by atoms with Gasteiger partial charge in [0, 0.05) is 26.1 Å². The zero-order valence-electron chi connectivity index (χ0n) is 18.8. The molecule has 1 saturated heterocycles. The predicted molar refractivity (Wildman–Crippen MR) is 122 cm³/mol. The lowest BCUT2D eigenvalue weighted by Crippen LogP contribution is -2.56. The number of likely N-dealkylation sites (tertiary alicyclic amines) is 1. The summed E-state index contributed by atoms with van der Waals surface area (Å²) < 4.78 is 10.6. The summed E-state index contributed by atoms with van der Waals surface area (Å²) in [6.45, 7) is -0.0718. The van der Waals surface area contributed by atoms with Crippen LogP contribution >= 0.6 is 0 Å². The van der Waals surface area contributed by atoms with Crippen LogP contribution in [0, 0.1) is 5.92 Å². The number of methoxy groups -OCH3 is 1.